The average molecular weight is 213 g/mol. The third kappa shape index (κ3) is 3.68. The smallest absolute Gasteiger partial charge is 0.264 e. The van der Waals surface area contributed by atoms with Gasteiger partial charge in [0, 0.05) is 6.20 Å². The molecule has 0 atom stereocenters. The van der Waals surface area contributed by atoms with E-state index in [-0.39, 0.29) is 6.61 Å². The van der Waals surface area contributed by atoms with Crippen molar-refractivity contribution in [3.8, 4) is 0 Å². The molecule has 1 rings (SSSR count). The number of aromatic nitrogens is 1. The van der Waals surface area contributed by atoms with Gasteiger partial charge in [0.2, 0.25) is 0 Å². The molecule has 0 aliphatic heterocycles. The first-order chi connectivity index (χ1) is 6.49. The van der Waals surface area contributed by atoms with Crippen molar-refractivity contribution in [2.24, 2.45) is 0 Å². The van der Waals surface area contributed by atoms with Gasteiger partial charge in [0.05, 0.1) is 18.6 Å². The van der Waals surface area contributed by atoms with Crippen molar-refractivity contribution in [3.05, 3.63) is 36.7 Å². The fraction of sp³-hybridized carbons (Fsp3) is 0.222. The highest BCUT2D eigenvalue weighted by Gasteiger charge is 2.05. The van der Waals surface area contributed by atoms with Crippen LogP contribution in [0.25, 0.3) is 5.57 Å². The molecule has 0 aliphatic carbocycles. The summed E-state index contributed by atoms with van der Waals surface area (Å²) in [5.74, 6) is 0. The zero-order valence-electron chi connectivity index (χ0n) is 7.80. The molecule has 76 valence electrons. The molecule has 0 saturated heterocycles. The van der Waals surface area contributed by atoms with Crippen LogP contribution in [0.3, 0.4) is 0 Å². The third-order valence-electron chi connectivity index (χ3n) is 1.47. The molecule has 0 amide bonds. The molecule has 0 aromatic carbocycles. The lowest BCUT2D eigenvalue weighted by atomic mass is 10.2. The maximum absolute atomic E-state index is 10.7. The van der Waals surface area contributed by atoms with Gasteiger partial charge in [-0.3, -0.25) is 9.17 Å². The van der Waals surface area contributed by atoms with E-state index in [1.165, 1.54) is 0 Å². The van der Waals surface area contributed by atoms with Gasteiger partial charge in [-0.25, -0.2) is 0 Å². The van der Waals surface area contributed by atoms with E-state index < -0.39 is 10.1 Å². The predicted octanol–water partition coefficient (Wildman–Crippen LogP) is 1.07. The van der Waals surface area contributed by atoms with Crippen molar-refractivity contribution < 1.29 is 12.6 Å². The van der Waals surface area contributed by atoms with Crippen molar-refractivity contribution in [2.75, 3.05) is 12.9 Å². The fourth-order valence-electron chi connectivity index (χ4n) is 0.824. The summed E-state index contributed by atoms with van der Waals surface area (Å²) in [6, 6.07) is 5.32. The summed E-state index contributed by atoms with van der Waals surface area (Å²) in [5.41, 5.74) is 1.17. The normalized spacial score (nSPS) is 11.2. The molecule has 1 aromatic heterocycles. The van der Waals surface area contributed by atoms with E-state index in [4.69, 9.17) is 0 Å². The Bertz CT molecular complexity index is 411. The molecule has 1 heterocycles. The average Bonchev–Trinajstić information content (AvgIpc) is 2.14. The van der Waals surface area contributed by atoms with Gasteiger partial charge in [-0.2, -0.15) is 8.42 Å². The van der Waals surface area contributed by atoms with Crippen LogP contribution in [0.4, 0.5) is 0 Å². The number of hydrogen-bond acceptors (Lipinski definition) is 4. The lowest BCUT2D eigenvalue weighted by Gasteiger charge is -2.03. The van der Waals surface area contributed by atoms with Gasteiger partial charge in [-0.15, -0.1) is 0 Å². The molecular weight excluding hydrogens is 202 g/mol. The van der Waals surface area contributed by atoms with Gasteiger partial charge >= 0.3 is 0 Å². The summed E-state index contributed by atoms with van der Waals surface area (Å²) < 4.78 is 25.9. The standard InChI is InChI=1S/C9H11NO3S/c1-8(7-13-14(2,11)12)9-5-3-4-6-10-9/h3-6H,1,7H2,2H3. The third-order valence-corrected chi connectivity index (χ3v) is 2.02. The maximum atomic E-state index is 10.7. The zero-order valence-corrected chi connectivity index (χ0v) is 8.62. The Kier molecular flexibility index (Phi) is 3.38. The van der Waals surface area contributed by atoms with Gasteiger partial charge in [-0.05, 0) is 17.7 Å². The van der Waals surface area contributed by atoms with E-state index in [2.05, 4.69) is 15.7 Å². The molecule has 5 heteroatoms. The van der Waals surface area contributed by atoms with Gasteiger partial charge in [0.25, 0.3) is 10.1 Å². The summed E-state index contributed by atoms with van der Waals surface area (Å²) in [6.45, 7) is 3.62. The number of nitrogens with zero attached hydrogens (tertiary/aromatic N) is 1. The first kappa shape index (κ1) is 10.9. The van der Waals surface area contributed by atoms with Crippen LogP contribution < -0.4 is 0 Å². The maximum Gasteiger partial charge on any atom is 0.264 e. The molecule has 0 saturated carbocycles. The van der Waals surface area contributed by atoms with E-state index >= 15 is 0 Å². The second-order valence-electron chi connectivity index (χ2n) is 2.78. The Morgan fingerprint density at radius 2 is 2.29 bits per heavy atom. The van der Waals surface area contributed by atoms with Crippen molar-refractivity contribution >= 4 is 15.7 Å². The highest BCUT2D eigenvalue weighted by molar-refractivity contribution is 7.86. The van der Waals surface area contributed by atoms with Crippen LogP contribution in [0, 0.1) is 0 Å². The topological polar surface area (TPSA) is 56.3 Å². The van der Waals surface area contributed by atoms with Gasteiger partial charge in [0.1, 0.15) is 0 Å². The Hall–Kier alpha value is -1.20. The lowest BCUT2D eigenvalue weighted by Crippen LogP contribution is -2.05. The molecule has 4 nitrogen and oxygen atoms in total. The fourth-order valence-corrected chi connectivity index (χ4v) is 1.18. The molecule has 0 N–H and O–H groups in total. The number of hydrogen-bond donors (Lipinski definition) is 0. The molecule has 0 radical (unpaired) electrons. The molecule has 0 unspecified atom stereocenters. The summed E-state index contributed by atoms with van der Waals surface area (Å²) in [7, 11) is -3.42. The highest BCUT2D eigenvalue weighted by Crippen LogP contribution is 2.09. The predicted molar refractivity (Wildman–Crippen MR) is 54.1 cm³/mol. The van der Waals surface area contributed by atoms with Crippen LogP contribution in [0.2, 0.25) is 0 Å². The second-order valence-corrected chi connectivity index (χ2v) is 4.43. The van der Waals surface area contributed by atoms with Crippen molar-refractivity contribution in [3.63, 3.8) is 0 Å². The van der Waals surface area contributed by atoms with Crippen LogP contribution >= 0.6 is 0 Å². The van der Waals surface area contributed by atoms with E-state index in [1.807, 2.05) is 0 Å². The summed E-state index contributed by atoms with van der Waals surface area (Å²) in [5, 5.41) is 0. The Labute approximate surface area is 83.4 Å². The van der Waals surface area contributed by atoms with Crippen LogP contribution in [0.1, 0.15) is 5.69 Å². The van der Waals surface area contributed by atoms with Crippen LogP contribution in [0.15, 0.2) is 31.0 Å². The first-order valence-corrected chi connectivity index (χ1v) is 5.74. The quantitative estimate of drug-likeness (QED) is 0.702. The monoisotopic (exact) mass is 213 g/mol. The van der Waals surface area contributed by atoms with Gasteiger partial charge in [0.15, 0.2) is 0 Å². The Morgan fingerprint density at radius 1 is 1.57 bits per heavy atom. The van der Waals surface area contributed by atoms with Crippen molar-refractivity contribution in [1.29, 1.82) is 0 Å². The molecule has 0 bridgehead atoms. The first-order valence-electron chi connectivity index (χ1n) is 3.92. The van der Waals surface area contributed by atoms with Crippen LogP contribution in [0.5, 0.6) is 0 Å². The van der Waals surface area contributed by atoms with Gasteiger partial charge in [-0.1, -0.05) is 12.6 Å². The van der Waals surface area contributed by atoms with Crippen molar-refractivity contribution in [1.82, 2.24) is 4.98 Å². The minimum Gasteiger partial charge on any atom is -0.265 e. The van der Waals surface area contributed by atoms with Gasteiger partial charge < -0.3 is 0 Å². The summed E-state index contributed by atoms with van der Waals surface area (Å²) >= 11 is 0. The molecular formula is C9H11NO3S. The molecule has 0 fully saturated rings. The van der Waals surface area contributed by atoms with Crippen LogP contribution in [-0.4, -0.2) is 26.3 Å². The highest BCUT2D eigenvalue weighted by atomic mass is 32.2. The van der Waals surface area contributed by atoms with E-state index in [0.29, 0.717) is 11.3 Å². The van der Waals surface area contributed by atoms with Crippen molar-refractivity contribution in [2.45, 2.75) is 0 Å². The van der Waals surface area contributed by atoms with E-state index in [9.17, 15) is 8.42 Å². The second kappa shape index (κ2) is 4.34. The molecule has 0 aliphatic rings. The Balaban J connectivity index is 2.61. The number of pyridine rings is 1. The summed E-state index contributed by atoms with van der Waals surface area (Å²) in [4.78, 5) is 4.00. The molecule has 14 heavy (non-hydrogen) atoms. The molecule has 1 aromatic rings. The SMILES string of the molecule is C=C(COS(C)(=O)=O)c1ccccn1. The minimum atomic E-state index is -3.42. The van der Waals surface area contributed by atoms with Crippen LogP contribution in [-0.2, 0) is 14.3 Å². The minimum absolute atomic E-state index is 0.0597. The summed E-state index contributed by atoms with van der Waals surface area (Å²) in [6.07, 6.45) is 2.61. The van der Waals surface area contributed by atoms with E-state index in [1.54, 1.807) is 24.4 Å². The largest absolute Gasteiger partial charge is 0.265 e. The van der Waals surface area contributed by atoms with E-state index in [0.717, 1.165) is 6.26 Å². The number of rotatable bonds is 4. The lowest BCUT2D eigenvalue weighted by molar-refractivity contribution is 0.367. The Morgan fingerprint density at radius 3 is 2.79 bits per heavy atom. The zero-order chi connectivity index (χ0) is 10.6. The molecule has 0 spiro atoms.